The molecule has 0 unspecified atom stereocenters. The third-order valence-corrected chi connectivity index (χ3v) is 4.32. The van der Waals surface area contributed by atoms with E-state index in [1.807, 2.05) is 12.1 Å². The van der Waals surface area contributed by atoms with E-state index in [2.05, 4.69) is 25.8 Å². The van der Waals surface area contributed by atoms with E-state index in [0.717, 1.165) is 38.5 Å². The molecule has 2 aromatic rings. The van der Waals surface area contributed by atoms with E-state index < -0.39 is 0 Å². The summed E-state index contributed by atoms with van der Waals surface area (Å²) < 4.78 is 5.17. The second-order valence-corrected chi connectivity index (χ2v) is 6.02. The molecule has 24 heavy (non-hydrogen) atoms. The van der Waals surface area contributed by atoms with Crippen molar-refractivity contribution in [3.63, 3.8) is 0 Å². The number of pyridine rings is 2. The Morgan fingerprint density at radius 3 is 2.71 bits per heavy atom. The molecule has 0 bridgehead atoms. The largest absolute Gasteiger partial charge is 0.481 e. The molecular weight excluding hydrogens is 326 g/mol. The van der Waals surface area contributed by atoms with Gasteiger partial charge in [0.25, 0.3) is 0 Å². The fourth-order valence-electron chi connectivity index (χ4n) is 2.76. The van der Waals surface area contributed by atoms with Crippen molar-refractivity contribution in [3.8, 4) is 11.9 Å². The van der Waals surface area contributed by atoms with Gasteiger partial charge >= 0.3 is 0 Å². The van der Waals surface area contributed by atoms with Gasteiger partial charge in [-0.15, -0.1) is 0 Å². The maximum absolute atomic E-state index is 8.89. The number of nitriles is 1. The number of rotatable bonds is 4. The Bertz CT molecular complexity index is 753. The second kappa shape index (κ2) is 7.47. The molecule has 1 fully saturated rings. The number of hydrogen-bond acceptors (Lipinski definition) is 6. The number of methoxy groups -OCH3 is 1. The predicted molar refractivity (Wildman–Crippen MR) is 92.2 cm³/mol. The number of halogens is 1. The van der Waals surface area contributed by atoms with E-state index >= 15 is 0 Å². The predicted octanol–water partition coefficient (Wildman–Crippen LogP) is 2.33. The molecule has 2 aromatic heterocycles. The molecule has 1 aliphatic heterocycles. The molecule has 1 saturated heterocycles. The molecule has 0 saturated carbocycles. The van der Waals surface area contributed by atoms with Crippen molar-refractivity contribution in [2.24, 2.45) is 0 Å². The molecule has 124 valence electrons. The van der Waals surface area contributed by atoms with Gasteiger partial charge in [-0.1, -0.05) is 11.6 Å². The molecule has 3 heterocycles. The number of piperazine rings is 1. The highest BCUT2D eigenvalue weighted by Crippen LogP contribution is 2.25. The Morgan fingerprint density at radius 1 is 1.25 bits per heavy atom. The minimum absolute atomic E-state index is 0.481. The number of aromatic nitrogens is 2. The van der Waals surface area contributed by atoms with E-state index in [1.165, 1.54) is 5.56 Å². The lowest BCUT2D eigenvalue weighted by molar-refractivity contribution is 0.249. The highest BCUT2D eigenvalue weighted by atomic mass is 35.5. The minimum atomic E-state index is 0.481. The van der Waals surface area contributed by atoms with Crippen LogP contribution in [0.1, 0.15) is 11.1 Å². The lowest BCUT2D eigenvalue weighted by atomic mass is 10.2. The summed E-state index contributed by atoms with van der Waals surface area (Å²) in [4.78, 5) is 13.0. The van der Waals surface area contributed by atoms with Crippen LogP contribution in [0.3, 0.4) is 0 Å². The zero-order valence-corrected chi connectivity index (χ0v) is 14.2. The third kappa shape index (κ3) is 3.75. The Morgan fingerprint density at radius 2 is 2.04 bits per heavy atom. The van der Waals surface area contributed by atoms with Crippen LogP contribution in [0.4, 0.5) is 5.82 Å². The van der Waals surface area contributed by atoms with Crippen LogP contribution in [-0.4, -0.2) is 48.2 Å². The van der Waals surface area contributed by atoms with Crippen molar-refractivity contribution in [3.05, 3.63) is 46.7 Å². The molecule has 0 spiro atoms. The van der Waals surface area contributed by atoms with Crippen LogP contribution >= 0.6 is 11.6 Å². The number of hydrogen-bond donors (Lipinski definition) is 0. The van der Waals surface area contributed by atoms with Gasteiger partial charge in [-0.25, -0.2) is 9.97 Å². The molecule has 7 heteroatoms. The smallest absolute Gasteiger partial charge is 0.213 e. The first-order chi connectivity index (χ1) is 11.7. The molecule has 1 aliphatic rings. The minimum Gasteiger partial charge on any atom is -0.481 e. The Balaban J connectivity index is 1.60. The molecule has 0 N–H and O–H groups in total. The van der Waals surface area contributed by atoms with E-state index in [-0.39, 0.29) is 0 Å². The van der Waals surface area contributed by atoms with Gasteiger partial charge in [-0.05, 0) is 17.7 Å². The maximum Gasteiger partial charge on any atom is 0.213 e. The van der Waals surface area contributed by atoms with E-state index in [1.54, 1.807) is 25.6 Å². The lowest BCUT2D eigenvalue weighted by Gasteiger charge is -2.35. The fraction of sp³-hybridized carbons (Fsp3) is 0.353. The van der Waals surface area contributed by atoms with Crippen molar-refractivity contribution in [1.82, 2.24) is 14.9 Å². The van der Waals surface area contributed by atoms with Crippen LogP contribution in [0.2, 0.25) is 5.02 Å². The molecule has 0 aliphatic carbocycles. The van der Waals surface area contributed by atoms with Crippen LogP contribution in [-0.2, 0) is 6.54 Å². The maximum atomic E-state index is 8.89. The van der Waals surface area contributed by atoms with Gasteiger partial charge in [-0.3, -0.25) is 4.90 Å². The molecular formula is C17H18ClN5O. The van der Waals surface area contributed by atoms with Crippen molar-refractivity contribution in [2.75, 3.05) is 38.2 Å². The summed E-state index contributed by atoms with van der Waals surface area (Å²) >= 11 is 6.25. The lowest BCUT2D eigenvalue weighted by Crippen LogP contribution is -2.46. The first kappa shape index (κ1) is 16.5. The molecule has 6 nitrogen and oxygen atoms in total. The van der Waals surface area contributed by atoms with Gasteiger partial charge in [-0.2, -0.15) is 5.26 Å². The Hall–Kier alpha value is -2.36. The highest BCUT2D eigenvalue weighted by Gasteiger charge is 2.20. The van der Waals surface area contributed by atoms with Gasteiger partial charge in [0.15, 0.2) is 0 Å². The van der Waals surface area contributed by atoms with Crippen molar-refractivity contribution < 1.29 is 4.74 Å². The average Bonchev–Trinajstić information content (AvgIpc) is 2.62. The van der Waals surface area contributed by atoms with E-state index in [4.69, 9.17) is 21.6 Å². The van der Waals surface area contributed by atoms with E-state index in [0.29, 0.717) is 16.5 Å². The standard InChI is InChI=1S/C17H18ClN5O/c1-24-16-9-13(2-3-20-16)12-22-4-6-23(7-5-22)17-15(18)8-14(10-19)11-21-17/h2-3,8-9,11H,4-7,12H2,1H3. The summed E-state index contributed by atoms with van der Waals surface area (Å²) in [6, 6.07) is 7.69. The highest BCUT2D eigenvalue weighted by molar-refractivity contribution is 6.33. The van der Waals surface area contributed by atoms with Crippen molar-refractivity contribution in [1.29, 1.82) is 5.26 Å². The Labute approximate surface area is 146 Å². The molecule has 0 aromatic carbocycles. The molecule has 0 radical (unpaired) electrons. The van der Waals surface area contributed by atoms with E-state index in [9.17, 15) is 0 Å². The zero-order chi connectivity index (χ0) is 16.9. The van der Waals surface area contributed by atoms with Crippen molar-refractivity contribution in [2.45, 2.75) is 6.54 Å². The SMILES string of the molecule is COc1cc(CN2CCN(c3ncc(C#N)cc3Cl)CC2)ccn1. The number of nitrogens with zero attached hydrogens (tertiary/aromatic N) is 5. The van der Waals surface area contributed by atoms with Gasteiger partial charge in [0.1, 0.15) is 11.9 Å². The summed E-state index contributed by atoms with van der Waals surface area (Å²) in [5.74, 6) is 1.39. The molecule has 0 amide bonds. The monoisotopic (exact) mass is 343 g/mol. The molecule has 3 rings (SSSR count). The first-order valence-electron chi connectivity index (χ1n) is 7.71. The normalized spacial score (nSPS) is 15.1. The Kier molecular flexibility index (Phi) is 5.14. The molecule has 0 atom stereocenters. The summed E-state index contributed by atoms with van der Waals surface area (Å²) in [5, 5.41) is 9.42. The zero-order valence-electron chi connectivity index (χ0n) is 13.4. The van der Waals surface area contributed by atoms with Gasteiger partial charge < -0.3 is 9.64 Å². The van der Waals surface area contributed by atoms with Crippen molar-refractivity contribution >= 4 is 17.4 Å². The summed E-state index contributed by atoms with van der Waals surface area (Å²) in [6.45, 7) is 4.40. The van der Waals surface area contributed by atoms with Crippen LogP contribution < -0.4 is 9.64 Å². The van der Waals surface area contributed by atoms with Gasteiger partial charge in [0.05, 0.1) is 17.7 Å². The third-order valence-electron chi connectivity index (χ3n) is 4.04. The van der Waals surface area contributed by atoms with Crippen LogP contribution in [0.15, 0.2) is 30.6 Å². The van der Waals surface area contributed by atoms with Crippen LogP contribution in [0.5, 0.6) is 5.88 Å². The second-order valence-electron chi connectivity index (χ2n) is 5.61. The topological polar surface area (TPSA) is 65.3 Å². The number of anilines is 1. The van der Waals surface area contributed by atoms with Crippen LogP contribution in [0.25, 0.3) is 0 Å². The van der Waals surface area contributed by atoms with Gasteiger partial charge in [0.2, 0.25) is 5.88 Å². The fourth-order valence-corrected chi connectivity index (χ4v) is 3.05. The average molecular weight is 344 g/mol. The first-order valence-corrected chi connectivity index (χ1v) is 8.09. The summed E-state index contributed by atoms with van der Waals surface area (Å²) in [5.41, 5.74) is 1.67. The van der Waals surface area contributed by atoms with Crippen LogP contribution in [0, 0.1) is 11.3 Å². The summed E-state index contributed by atoms with van der Waals surface area (Å²) in [6.07, 6.45) is 3.34. The summed E-state index contributed by atoms with van der Waals surface area (Å²) in [7, 11) is 1.62. The van der Waals surface area contributed by atoms with Gasteiger partial charge in [0, 0.05) is 51.2 Å². The number of ether oxygens (including phenoxy) is 1. The quantitative estimate of drug-likeness (QED) is 0.849.